The van der Waals surface area contributed by atoms with Crippen molar-refractivity contribution in [2.24, 2.45) is 0 Å². The molecule has 1 rings (SSSR count). The lowest BCUT2D eigenvalue weighted by atomic mass is 10.3. The molecular weight excluding hydrogens is 199 g/mol. The molecule has 0 unspecified atom stereocenters. The number of nitrogens with two attached hydrogens (primary N) is 1. The van der Waals surface area contributed by atoms with Crippen molar-refractivity contribution in [1.82, 2.24) is 9.55 Å². The fourth-order valence-electron chi connectivity index (χ4n) is 0.979. The molecule has 0 amide bonds. The van der Waals surface area contributed by atoms with E-state index in [1.165, 1.54) is 17.1 Å². The maximum absolute atomic E-state index is 11.7. The third kappa shape index (κ3) is 2.91. The van der Waals surface area contributed by atoms with Crippen molar-refractivity contribution in [2.45, 2.75) is 19.3 Å². The lowest BCUT2D eigenvalue weighted by Gasteiger charge is -2.15. The zero-order valence-corrected chi connectivity index (χ0v) is 7.45. The highest BCUT2D eigenvalue weighted by atomic mass is 19.4. The van der Waals surface area contributed by atoms with Gasteiger partial charge < -0.3 is 10.3 Å². The van der Waals surface area contributed by atoms with Crippen LogP contribution in [0.1, 0.15) is 13.0 Å². The molecule has 4 nitrogen and oxygen atoms in total. The third-order valence-corrected chi connectivity index (χ3v) is 1.66. The first-order valence-corrected chi connectivity index (χ1v) is 3.88. The summed E-state index contributed by atoms with van der Waals surface area (Å²) in [6.07, 6.45) is -1.88. The Labute approximate surface area is 78.5 Å². The standard InChI is InChI=1S/C7H10F3N3O/c1-5(3-14-7(8,9)10)13-4-12-2-6(13)11/h2,4-5H,3,11H2,1H3/t5-/m0/s1. The molecule has 0 saturated heterocycles. The number of aromatic nitrogens is 2. The van der Waals surface area contributed by atoms with E-state index in [9.17, 15) is 13.2 Å². The van der Waals surface area contributed by atoms with Gasteiger partial charge in [-0.1, -0.05) is 0 Å². The van der Waals surface area contributed by atoms with Gasteiger partial charge in [-0.15, -0.1) is 13.2 Å². The Kier molecular flexibility index (Phi) is 3.00. The summed E-state index contributed by atoms with van der Waals surface area (Å²) in [5, 5.41) is 0. The van der Waals surface area contributed by atoms with Crippen LogP contribution in [0.3, 0.4) is 0 Å². The van der Waals surface area contributed by atoms with Crippen molar-refractivity contribution in [3.05, 3.63) is 12.5 Å². The van der Waals surface area contributed by atoms with Gasteiger partial charge in [-0.3, -0.25) is 4.74 Å². The topological polar surface area (TPSA) is 53.1 Å². The van der Waals surface area contributed by atoms with E-state index in [-0.39, 0.29) is 0 Å². The van der Waals surface area contributed by atoms with Crippen LogP contribution in [0.4, 0.5) is 19.0 Å². The number of hydrogen-bond acceptors (Lipinski definition) is 3. The van der Waals surface area contributed by atoms with Crippen LogP contribution in [0.25, 0.3) is 0 Å². The second-order valence-corrected chi connectivity index (χ2v) is 2.83. The molecule has 0 aliphatic carbocycles. The number of anilines is 1. The molecule has 80 valence electrons. The van der Waals surface area contributed by atoms with E-state index in [4.69, 9.17) is 5.73 Å². The molecule has 0 fully saturated rings. The van der Waals surface area contributed by atoms with Gasteiger partial charge in [-0.05, 0) is 6.92 Å². The van der Waals surface area contributed by atoms with Crippen LogP contribution < -0.4 is 5.73 Å². The molecule has 1 aromatic heterocycles. The van der Waals surface area contributed by atoms with E-state index < -0.39 is 19.0 Å². The van der Waals surface area contributed by atoms with Crippen LogP contribution in [0.5, 0.6) is 0 Å². The minimum Gasteiger partial charge on any atom is -0.384 e. The largest absolute Gasteiger partial charge is 0.522 e. The molecule has 0 bridgehead atoms. The normalized spacial score (nSPS) is 14.3. The first-order chi connectivity index (χ1) is 6.40. The Morgan fingerprint density at radius 1 is 1.64 bits per heavy atom. The monoisotopic (exact) mass is 209 g/mol. The molecular formula is C7H10F3N3O. The van der Waals surface area contributed by atoms with Crippen LogP contribution in [-0.2, 0) is 4.74 Å². The lowest BCUT2D eigenvalue weighted by Crippen LogP contribution is -2.20. The van der Waals surface area contributed by atoms with Gasteiger partial charge in [-0.25, -0.2) is 4.98 Å². The first kappa shape index (κ1) is 10.8. The Morgan fingerprint density at radius 2 is 2.29 bits per heavy atom. The number of rotatable bonds is 3. The summed E-state index contributed by atoms with van der Waals surface area (Å²) in [5.41, 5.74) is 5.44. The van der Waals surface area contributed by atoms with E-state index in [1.807, 2.05) is 0 Å². The van der Waals surface area contributed by atoms with Crippen LogP contribution >= 0.6 is 0 Å². The zero-order chi connectivity index (χ0) is 10.8. The predicted octanol–water partition coefficient (Wildman–Crippen LogP) is 1.56. The second-order valence-electron chi connectivity index (χ2n) is 2.83. The maximum Gasteiger partial charge on any atom is 0.522 e. The summed E-state index contributed by atoms with van der Waals surface area (Å²) in [7, 11) is 0. The van der Waals surface area contributed by atoms with Gasteiger partial charge in [0.25, 0.3) is 0 Å². The summed E-state index contributed by atoms with van der Waals surface area (Å²) < 4.78 is 40.1. The average molecular weight is 209 g/mol. The van der Waals surface area contributed by atoms with Gasteiger partial charge in [0.1, 0.15) is 5.82 Å². The number of imidazole rings is 1. The quantitative estimate of drug-likeness (QED) is 0.821. The summed E-state index contributed by atoms with van der Waals surface area (Å²) in [6, 6.07) is -0.501. The molecule has 1 heterocycles. The fourth-order valence-corrected chi connectivity index (χ4v) is 0.979. The van der Waals surface area contributed by atoms with E-state index in [0.29, 0.717) is 5.82 Å². The highest BCUT2D eigenvalue weighted by Gasteiger charge is 2.30. The Bertz CT molecular complexity index is 297. The molecule has 0 radical (unpaired) electrons. The number of hydrogen-bond donors (Lipinski definition) is 1. The smallest absolute Gasteiger partial charge is 0.384 e. The van der Waals surface area contributed by atoms with Crippen molar-refractivity contribution >= 4 is 5.82 Å². The summed E-state index contributed by atoms with van der Waals surface area (Å²) in [5.74, 6) is 0.309. The number of alkyl halides is 3. The molecule has 0 spiro atoms. The number of halogens is 3. The van der Waals surface area contributed by atoms with Crippen molar-refractivity contribution in [1.29, 1.82) is 0 Å². The Balaban J connectivity index is 2.51. The van der Waals surface area contributed by atoms with Crippen molar-refractivity contribution in [3.8, 4) is 0 Å². The van der Waals surface area contributed by atoms with E-state index in [1.54, 1.807) is 6.92 Å². The van der Waals surface area contributed by atoms with Gasteiger partial charge in [-0.2, -0.15) is 0 Å². The number of nitrogen functional groups attached to an aromatic ring is 1. The van der Waals surface area contributed by atoms with Crippen molar-refractivity contribution < 1.29 is 17.9 Å². The highest BCUT2D eigenvalue weighted by molar-refractivity contribution is 5.25. The minimum absolute atomic E-state index is 0.309. The number of nitrogens with zero attached hydrogens (tertiary/aromatic N) is 2. The molecule has 0 saturated carbocycles. The summed E-state index contributed by atoms with van der Waals surface area (Å²) in [4.78, 5) is 3.69. The Hall–Kier alpha value is -1.24. The lowest BCUT2D eigenvalue weighted by molar-refractivity contribution is -0.327. The van der Waals surface area contributed by atoms with E-state index in [2.05, 4.69) is 9.72 Å². The first-order valence-electron chi connectivity index (χ1n) is 3.88. The van der Waals surface area contributed by atoms with Gasteiger partial charge in [0.05, 0.1) is 25.2 Å². The highest BCUT2D eigenvalue weighted by Crippen LogP contribution is 2.20. The van der Waals surface area contributed by atoms with Gasteiger partial charge >= 0.3 is 6.36 Å². The fraction of sp³-hybridized carbons (Fsp3) is 0.571. The molecule has 14 heavy (non-hydrogen) atoms. The van der Waals surface area contributed by atoms with Crippen LogP contribution in [-0.4, -0.2) is 22.5 Å². The maximum atomic E-state index is 11.7. The van der Waals surface area contributed by atoms with Crippen LogP contribution in [0.15, 0.2) is 12.5 Å². The molecule has 7 heteroatoms. The van der Waals surface area contributed by atoms with Gasteiger partial charge in [0, 0.05) is 0 Å². The molecule has 1 atom stereocenters. The predicted molar refractivity (Wildman–Crippen MR) is 43.4 cm³/mol. The van der Waals surface area contributed by atoms with Gasteiger partial charge in [0.2, 0.25) is 0 Å². The van der Waals surface area contributed by atoms with Crippen molar-refractivity contribution in [2.75, 3.05) is 12.3 Å². The van der Waals surface area contributed by atoms with Gasteiger partial charge in [0.15, 0.2) is 0 Å². The van der Waals surface area contributed by atoms with Crippen LogP contribution in [0.2, 0.25) is 0 Å². The molecule has 0 aliphatic heterocycles. The zero-order valence-electron chi connectivity index (χ0n) is 7.45. The van der Waals surface area contributed by atoms with Crippen molar-refractivity contribution in [3.63, 3.8) is 0 Å². The molecule has 2 N–H and O–H groups in total. The SMILES string of the molecule is C[C@@H](COC(F)(F)F)n1cncc1N. The number of ether oxygens (including phenoxy) is 1. The molecule has 0 aromatic carbocycles. The molecule has 1 aromatic rings. The molecule has 0 aliphatic rings. The van der Waals surface area contributed by atoms with E-state index in [0.717, 1.165) is 0 Å². The van der Waals surface area contributed by atoms with Crippen LogP contribution in [0, 0.1) is 0 Å². The Morgan fingerprint density at radius 3 is 2.71 bits per heavy atom. The average Bonchev–Trinajstić information content (AvgIpc) is 2.46. The summed E-state index contributed by atoms with van der Waals surface area (Å²) in [6.45, 7) is 1.08. The second kappa shape index (κ2) is 3.87. The third-order valence-electron chi connectivity index (χ3n) is 1.66. The minimum atomic E-state index is -4.61. The van der Waals surface area contributed by atoms with E-state index >= 15 is 0 Å². The summed E-state index contributed by atoms with van der Waals surface area (Å²) >= 11 is 0.